The summed E-state index contributed by atoms with van der Waals surface area (Å²) in [5.41, 5.74) is 0.633. The van der Waals surface area contributed by atoms with Gasteiger partial charge in [0, 0.05) is 18.9 Å². The molecule has 1 aromatic heterocycles. The maximum absolute atomic E-state index is 12.1. The molecule has 21 heavy (non-hydrogen) atoms. The van der Waals surface area contributed by atoms with E-state index in [0.717, 1.165) is 24.9 Å². The highest BCUT2D eigenvalue weighted by Gasteiger charge is 2.32. The van der Waals surface area contributed by atoms with E-state index >= 15 is 0 Å². The van der Waals surface area contributed by atoms with Gasteiger partial charge in [-0.25, -0.2) is 4.79 Å². The second-order valence-electron chi connectivity index (χ2n) is 6.34. The van der Waals surface area contributed by atoms with Crippen LogP contribution >= 0.6 is 0 Å². The monoisotopic (exact) mass is 292 g/mol. The van der Waals surface area contributed by atoms with Gasteiger partial charge in [0.05, 0.1) is 19.3 Å². The minimum atomic E-state index is -0.456. The first-order chi connectivity index (χ1) is 9.96. The Kier molecular flexibility index (Phi) is 5.17. The summed E-state index contributed by atoms with van der Waals surface area (Å²) in [5, 5.41) is 0. The summed E-state index contributed by atoms with van der Waals surface area (Å²) < 4.78 is 11.2. The smallest absolute Gasteiger partial charge is 0.410 e. The van der Waals surface area contributed by atoms with Crippen molar-refractivity contribution in [2.75, 3.05) is 13.2 Å². The summed E-state index contributed by atoms with van der Waals surface area (Å²) in [5.74, 6) is 0. The number of nitrogens with zero attached hydrogens (tertiary/aromatic N) is 2. The molecule has 1 unspecified atom stereocenters. The molecule has 0 radical (unpaired) electrons. The fourth-order valence-electron chi connectivity index (χ4n) is 2.36. The summed E-state index contributed by atoms with van der Waals surface area (Å²) in [7, 11) is 0. The molecular formula is C16H24N2O3. The lowest BCUT2D eigenvalue weighted by atomic mass is 10.2. The molecule has 1 aromatic rings. The minimum absolute atomic E-state index is 0.113. The molecular weight excluding hydrogens is 268 g/mol. The number of pyridine rings is 1. The zero-order valence-corrected chi connectivity index (χ0v) is 13.0. The van der Waals surface area contributed by atoms with Gasteiger partial charge in [-0.2, -0.15) is 0 Å². The Morgan fingerprint density at radius 3 is 2.76 bits per heavy atom. The molecule has 0 bridgehead atoms. The van der Waals surface area contributed by atoms with Gasteiger partial charge >= 0.3 is 6.09 Å². The highest BCUT2D eigenvalue weighted by atomic mass is 16.6. The second kappa shape index (κ2) is 6.89. The fourth-order valence-corrected chi connectivity index (χ4v) is 2.36. The lowest BCUT2D eigenvalue weighted by Crippen LogP contribution is -2.41. The molecule has 2 rings (SSSR count). The number of carbonyl (C=O) groups excluding carboxylic acids is 1. The Labute approximate surface area is 126 Å². The Morgan fingerprint density at radius 2 is 2.10 bits per heavy atom. The van der Waals surface area contributed by atoms with E-state index in [0.29, 0.717) is 13.2 Å². The van der Waals surface area contributed by atoms with E-state index in [2.05, 4.69) is 4.98 Å². The van der Waals surface area contributed by atoms with Crippen molar-refractivity contribution in [3.63, 3.8) is 0 Å². The Balaban J connectivity index is 1.80. The van der Waals surface area contributed by atoms with Crippen molar-refractivity contribution in [3.8, 4) is 0 Å². The molecule has 1 aliphatic heterocycles. The maximum Gasteiger partial charge on any atom is 0.410 e. The first-order valence-electron chi connectivity index (χ1n) is 7.42. The third-order valence-electron chi connectivity index (χ3n) is 3.33. The standard InChI is InChI=1S/C16H24N2O3/c1-16(2,3)21-15(19)18-10-4-5-14(18)12-20-11-13-6-8-17-9-7-13/h6-9,14H,4-5,10-12H2,1-3H3. The van der Waals surface area contributed by atoms with Gasteiger partial charge in [0.25, 0.3) is 0 Å². The summed E-state index contributed by atoms with van der Waals surface area (Å²) in [6.07, 6.45) is 5.23. The Morgan fingerprint density at radius 1 is 1.38 bits per heavy atom. The van der Waals surface area contributed by atoms with Crippen LogP contribution in [0.4, 0.5) is 4.79 Å². The summed E-state index contributed by atoms with van der Waals surface area (Å²) in [4.78, 5) is 17.9. The van der Waals surface area contributed by atoms with Gasteiger partial charge in [-0.15, -0.1) is 0 Å². The number of carbonyl (C=O) groups is 1. The second-order valence-corrected chi connectivity index (χ2v) is 6.34. The van der Waals surface area contributed by atoms with Crippen molar-refractivity contribution in [2.45, 2.75) is 51.9 Å². The molecule has 0 spiro atoms. The lowest BCUT2D eigenvalue weighted by Gasteiger charge is -2.28. The highest BCUT2D eigenvalue weighted by Crippen LogP contribution is 2.21. The van der Waals surface area contributed by atoms with E-state index in [1.165, 1.54) is 0 Å². The van der Waals surface area contributed by atoms with E-state index in [9.17, 15) is 4.79 Å². The SMILES string of the molecule is CC(C)(C)OC(=O)N1CCCC1COCc1ccncc1. The summed E-state index contributed by atoms with van der Waals surface area (Å²) in [6, 6.07) is 3.97. The number of likely N-dealkylation sites (tertiary alicyclic amines) is 1. The molecule has 1 amide bonds. The van der Waals surface area contributed by atoms with Gasteiger partial charge < -0.3 is 14.4 Å². The molecule has 1 aliphatic rings. The first-order valence-corrected chi connectivity index (χ1v) is 7.42. The average Bonchev–Trinajstić information content (AvgIpc) is 2.86. The van der Waals surface area contributed by atoms with Gasteiger partial charge in [0.1, 0.15) is 5.60 Å². The number of rotatable bonds is 4. The number of ether oxygens (including phenoxy) is 2. The van der Waals surface area contributed by atoms with Crippen molar-refractivity contribution in [1.82, 2.24) is 9.88 Å². The maximum atomic E-state index is 12.1. The van der Waals surface area contributed by atoms with Gasteiger partial charge in [0.15, 0.2) is 0 Å². The van der Waals surface area contributed by atoms with Gasteiger partial charge in [-0.05, 0) is 51.3 Å². The van der Waals surface area contributed by atoms with Crippen molar-refractivity contribution >= 4 is 6.09 Å². The van der Waals surface area contributed by atoms with Crippen molar-refractivity contribution in [2.24, 2.45) is 0 Å². The van der Waals surface area contributed by atoms with E-state index in [4.69, 9.17) is 9.47 Å². The van der Waals surface area contributed by atoms with Crippen LogP contribution in [0.2, 0.25) is 0 Å². The van der Waals surface area contributed by atoms with Crippen LogP contribution in [0.5, 0.6) is 0 Å². The van der Waals surface area contributed by atoms with Gasteiger partial charge in [-0.1, -0.05) is 0 Å². The van der Waals surface area contributed by atoms with Crippen LogP contribution in [0.25, 0.3) is 0 Å². The van der Waals surface area contributed by atoms with Crippen molar-refractivity contribution in [1.29, 1.82) is 0 Å². The fraction of sp³-hybridized carbons (Fsp3) is 0.625. The Hall–Kier alpha value is -1.62. The van der Waals surface area contributed by atoms with Crippen LogP contribution in [0.15, 0.2) is 24.5 Å². The van der Waals surface area contributed by atoms with E-state index in [1.807, 2.05) is 32.9 Å². The van der Waals surface area contributed by atoms with Crippen molar-refractivity contribution in [3.05, 3.63) is 30.1 Å². The molecule has 116 valence electrons. The number of hydrogen-bond donors (Lipinski definition) is 0. The van der Waals surface area contributed by atoms with Crippen LogP contribution in [-0.4, -0.2) is 40.8 Å². The minimum Gasteiger partial charge on any atom is -0.444 e. The predicted molar refractivity (Wildman–Crippen MR) is 79.9 cm³/mol. The molecule has 0 N–H and O–H groups in total. The molecule has 1 atom stereocenters. The average molecular weight is 292 g/mol. The van der Waals surface area contributed by atoms with E-state index in [1.54, 1.807) is 17.3 Å². The van der Waals surface area contributed by atoms with Crippen LogP contribution in [0.1, 0.15) is 39.2 Å². The normalized spacial score (nSPS) is 18.8. The van der Waals surface area contributed by atoms with Gasteiger partial charge in [-0.3, -0.25) is 4.98 Å². The zero-order chi connectivity index (χ0) is 15.3. The van der Waals surface area contributed by atoms with Crippen LogP contribution < -0.4 is 0 Å². The highest BCUT2D eigenvalue weighted by molar-refractivity contribution is 5.68. The zero-order valence-electron chi connectivity index (χ0n) is 13.0. The molecule has 5 heteroatoms. The van der Waals surface area contributed by atoms with Crippen molar-refractivity contribution < 1.29 is 14.3 Å². The Bertz CT molecular complexity index is 456. The molecule has 0 saturated carbocycles. The molecule has 2 heterocycles. The molecule has 0 aromatic carbocycles. The molecule has 1 saturated heterocycles. The summed E-state index contributed by atoms with van der Waals surface area (Å²) >= 11 is 0. The van der Waals surface area contributed by atoms with Gasteiger partial charge in [0.2, 0.25) is 0 Å². The lowest BCUT2D eigenvalue weighted by molar-refractivity contribution is 0.00883. The molecule has 0 aliphatic carbocycles. The largest absolute Gasteiger partial charge is 0.444 e. The third-order valence-corrected chi connectivity index (χ3v) is 3.33. The van der Waals surface area contributed by atoms with Crippen LogP contribution in [0, 0.1) is 0 Å². The molecule has 1 fully saturated rings. The number of hydrogen-bond acceptors (Lipinski definition) is 4. The predicted octanol–water partition coefficient (Wildman–Crippen LogP) is 3.00. The quantitative estimate of drug-likeness (QED) is 0.856. The van der Waals surface area contributed by atoms with E-state index < -0.39 is 5.60 Å². The topological polar surface area (TPSA) is 51.7 Å². The molecule has 5 nitrogen and oxygen atoms in total. The number of amides is 1. The van der Waals surface area contributed by atoms with E-state index in [-0.39, 0.29) is 12.1 Å². The van der Waals surface area contributed by atoms with Crippen LogP contribution in [0.3, 0.4) is 0 Å². The summed E-state index contributed by atoms with van der Waals surface area (Å²) in [6.45, 7) is 7.49. The third kappa shape index (κ3) is 5.01. The number of aromatic nitrogens is 1. The first kappa shape index (κ1) is 15.8. The van der Waals surface area contributed by atoms with Crippen LogP contribution in [-0.2, 0) is 16.1 Å².